The summed E-state index contributed by atoms with van der Waals surface area (Å²) in [5.74, 6) is -0.0254. The summed E-state index contributed by atoms with van der Waals surface area (Å²) in [6.07, 6.45) is 2.38. The van der Waals surface area contributed by atoms with Gasteiger partial charge < -0.3 is 9.53 Å². The van der Waals surface area contributed by atoms with Crippen molar-refractivity contribution in [2.45, 2.75) is 57.5 Å². The van der Waals surface area contributed by atoms with Crippen LogP contribution in [0.4, 0.5) is 0 Å². The number of aliphatic hydroxyl groups excluding tert-OH is 1. The van der Waals surface area contributed by atoms with Crippen molar-refractivity contribution < 1.29 is 14.3 Å². The molecule has 4 heteroatoms. The third-order valence-corrected chi connectivity index (χ3v) is 7.97. The lowest BCUT2D eigenvalue weighted by atomic mass is 10.0. The zero-order valence-electron chi connectivity index (χ0n) is 10.8. The van der Waals surface area contributed by atoms with Gasteiger partial charge in [0.05, 0.1) is 12.2 Å². The first-order valence-corrected chi connectivity index (χ1v) is 8.61. The summed E-state index contributed by atoms with van der Waals surface area (Å²) in [4.78, 5) is 11.1. The monoisotopic (exact) mass is 242 g/mol. The molecule has 0 aromatic heterocycles. The van der Waals surface area contributed by atoms with Crippen molar-refractivity contribution >= 4 is 14.1 Å². The second-order valence-electron chi connectivity index (χ2n) is 5.94. The molecule has 0 aromatic rings. The van der Waals surface area contributed by atoms with Crippen LogP contribution in [-0.2, 0) is 9.22 Å². The lowest BCUT2D eigenvalue weighted by Gasteiger charge is -2.40. The largest absolute Gasteiger partial charge is 0.408 e. The summed E-state index contributed by atoms with van der Waals surface area (Å²) >= 11 is 0. The van der Waals surface area contributed by atoms with Crippen LogP contribution >= 0.6 is 0 Å². The number of carbonyl (C=O) groups excluding carboxylic acids is 1. The van der Waals surface area contributed by atoms with Gasteiger partial charge in [0.2, 0.25) is 0 Å². The van der Waals surface area contributed by atoms with E-state index in [1.807, 2.05) is 0 Å². The minimum absolute atomic E-state index is 0.0254. The molecule has 0 unspecified atom stereocenters. The molecule has 0 bridgehead atoms. The predicted octanol–water partition coefficient (Wildman–Crippen LogP) is 2.27. The first kappa shape index (κ1) is 13.6. The maximum absolute atomic E-state index is 11.1. The minimum atomic E-state index is -1.88. The van der Waals surface area contributed by atoms with E-state index in [1.54, 1.807) is 6.08 Å². The van der Waals surface area contributed by atoms with Crippen molar-refractivity contribution in [1.82, 2.24) is 0 Å². The summed E-state index contributed by atoms with van der Waals surface area (Å²) in [6.45, 7) is 10.8. The summed E-state index contributed by atoms with van der Waals surface area (Å²) < 4.78 is 6.05. The van der Waals surface area contributed by atoms with E-state index in [-0.39, 0.29) is 23.3 Å². The molecule has 0 saturated carbocycles. The SMILES string of the molecule is CC(C)(C)[Si](C)(C)O[C@@H]1C=CC(=O)C[C@H]1O. The van der Waals surface area contributed by atoms with E-state index >= 15 is 0 Å². The molecule has 0 spiro atoms. The molecule has 16 heavy (non-hydrogen) atoms. The molecule has 2 atom stereocenters. The first-order chi connectivity index (χ1) is 7.13. The second kappa shape index (κ2) is 4.43. The fourth-order valence-electron chi connectivity index (χ4n) is 1.36. The van der Waals surface area contributed by atoms with Crippen molar-refractivity contribution in [2.24, 2.45) is 0 Å². The van der Waals surface area contributed by atoms with E-state index in [4.69, 9.17) is 4.43 Å². The summed E-state index contributed by atoms with van der Waals surface area (Å²) in [5.41, 5.74) is 0. The number of aliphatic hydroxyl groups is 1. The highest BCUT2D eigenvalue weighted by Gasteiger charge is 2.40. The van der Waals surface area contributed by atoms with Gasteiger partial charge in [-0.1, -0.05) is 26.8 Å². The Labute approximate surface area is 98.6 Å². The van der Waals surface area contributed by atoms with Crippen molar-refractivity contribution in [3.63, 3.8) is 0 Å². The minimum Gasteiger partial charge on any atom is -0.408 e. The van der Waals surface area contributed by atoms with E-state index in [9.17, 15) is 9.90 Å². The van der Waals surface area contributed by atoms with Crippen LogP contribution < -0.4 is 0 Å². The van der Waals surface area contributed by atoms with Crippen molar-refractivity contribution in [2.75, 3.05) is 0 Å². The van der Waals surface area contributed by atoms with E-state index in [0.29, 0.717) is 0 Å². The van der Waals surface area contributed by atoms with E-state index < -0.39 is 14.4 Å². The fourth-order valence-corrected chi connectivity index (χ4v) is 2.63. The molecule has 0 heterocycles. The number of ketones is 1. The van der Waals surface area contributed by atoms with Crippen LogP contribution in [0.1, 0.15) is 27.2 Å². The number of carbonyl (C=O) groups is 1. The fraction of sp³-hybridized carbons (Fsp3) is 0.750. The van der Waals surface area contributed by atoms with Crippen LogP contribution in [0.2, 0.25) is 18.1 Å². The summed E-state index contributed by atoms with van der Waals surface area (Å²) in [5, 5.41) is 9.91. The van der Waals surface area contributed by atoms with Gasteiger partial charge in [-0.25, -0.2) is 0 Å². The Morgan fingerprint density at radius 2 is 2.00 bits per heavy atom. The molecule has 0 aliphatic heterocycles. The molecule has 92 valence electrons. The Hall–Kier alpha value is -0.453. The van der Waals surface area contributed by atoms with Crippen molar-refractivity contribution in [1.29, 1.82) is 0 Å². The molecule has 3 nitrogen and oxygen atoms in total. The number of hydrogen-bond donors (Lipinski definition) is 1. The van der Waals surface area contributed by atoms with Crippen LogP contribution in [-0.4, -0.2) is 31.4 Å². The Balaban J connectivity index is 2.75. The van der Waals surface area contributed by atoms with Gasteiger partial charge in [-0.15, -0.1) is 0 Å². The van der Waals surface area contributed by atoms with E-state index in [0.717, 1.165) is 0 Å². The standard InChI is InChI=1S/C12H22O3Si/c1-12(2,3)16(4,5)15-11-7-6-9(13)8-10(11)14/h6-7,10-11,14H,8H2,1-5H3/t10-,11-/m1/s1. The van der Waals surface area contributed by atoms with Gasteiger partial charge in [-0.3, -0.25) is 4.79 Å². The molecule has 1 aliphatic rings. The summed E-state index contributed by atoms with van der Waals surface area (Å²) in [7, 11) is -1.88. The van der Waals surface area contributed by atoms with Crippen molar-refractivity contribution in [3.8, 4) is 0 Å². The molecular formula is C12H22O3Si. The molecule has 1 N–H and O–H groups in total. The highest BCUT2D eigenvalue weighted by molar-refractivity contribution is 6.74. The van der Waals surface area contributed by atoms with Gasteiger partial charge in [-0.05, 0) is 24.2 Å². The first-order valence-electron chi connectivity index (χ1n) is 5.70. The third-order valence-electron chi connectivity index (χ3n) is 3.50. The maximum Gasteiger partial charge on any atom is 0.193 e. The number of rotatable bonds is 2. The molecule has 0 fully saturated rings. The van der Waals surface area contributed by atoms with E-state index in [1.165, 1.54) is 6.08 Å². The lowest BCUT2D eigenvalue weighted by molar-refractivity contribution is -0.118. The average Bonchev–Trinajstić information content (AvgIpc) is 2.08. The molecule has 0 amide bonds. The maximum atomic E-state index is 11.1. The second-order valence-corrected chi connectivity index (χ2v) is 10.7. The average molecular weight is 242 g/mol. The van der Waals surface area contributed by atoms with Crippen LogP contribution in [0.5, 0.6) is 0 Å². The molecule has 0 aromatic carbocycles. The Morgan fingerprint density at radius 1 is 1.44 bits per heavy atom. The summed E-state index contributed by atoms with van der Waals surface area (Å²) in [6, 6.07) is 0. The lowest BCUT2D eigenvalue weighted by Crippen LogP contribution is -2.47. The molecule has 1 aliphatic carbocycles. The number of allylic oxidation sites excluding steroid dienone is 1. The Morgan fingerprint density at radius 3 is 2.44 bits per heavy atom. The molecule has 1 rings (SSSR count). The Bertz CT molecular complexity index is 302. The van der Waals surface area contributed by atoms with Gasteiger partial charge in [0.1, 0.15) is 0 Å². The predicted molar refractivity (Wildman–Crippen MR) is 66.8 cm³/mol. The van der Waals surface area contributed by atoms with Crippen LogP contribution in [0.3, 0.4) is 0 Å². The molecular weight excluding hydrogens is 220 g/mol. The van der Waals surface area contributed by atoms with Crippen LogP contribution in [0.15, 0.2) is 12.2 Å². The third kappa shape index (κ3) is 3.03. The van der Waals surface area contributed by atoms with Crippen molar-refractivity contribution in [3.05, 3.63) is 12.2 Å². The molecule has 0 radical (unpaired) electrons. The van der Waals surface area contributed by atoms with Crippen LogP contribution in [0, 0.1) is 0 Å². The molecule has 0 saturated heterocycles. The highest BCUT2D eigenvalue weighted by Crippen LogP contribution is 2.38. The van der Waals surface area contributed by atoms with Crippen LogP contribution in [0.25, 0.3) is 0 Å². The quantitative estimate of drug-likeness (QED) is 0.756. The zero-order valence-corrected chi connectivity index (χ0v) is 11.8. The van der Waals surface area contributed by atoms with Gasteiger partial charge >= 0.3 is 0 Å². The topological polar surface area (TPSA) is 46.5 Å². The highest BCUT2D eigenvalue weighted by atomic mass is 28.4. The van der Waals surface area contributed by atoms with Gasteiger partial charge in [0.25, 0.3) is 0 Å². The van der Waals surface area contributed by atoms with Gasteiger partial charge in [0.15, 0.2) is 14.1 Å². The Kier molecular flexibility index (Phi) is 3.77. The normalized spacial score (nSPS) is 27.2. The zero-order chi connectivity index (χ0) is 12.6. The van der Waals surface area contributed by atoms with Gasteiger partial charge in [0, 0.05) is 6.42 Å². The van der Waals surface area contributed by atoms with Gasteiger partial charge in [-0.2, -0.15) is 0 Å². The number of hydrogen-bond acceptors (Lipinski definition) is 3. The van der Waals surface area contributed by atoms with E-state index in [2.05, 4.69) is 33.9 Å². The smallest absolute Gasteiger partial charge is 0.193 e.